The Kier molecular flexibility index (Phi) is 1400. The maximum atomic E-state index is 0. The molecular weight excluding hydrogens is 188 g/mol. The summed E-state index contributed by atoms with van der Waals surface area (Å²) in [5, 5.41) is 0. The molecule has 0 rings (SSSR count). The van der Waals surface area contributed by atoms with Gasteiger partial charge in [0.05, 0.1) is 0 Å². The van der Waals surface area contributed by atoms with Crippen LogP contribution in [-0.2, 0) is 57.6 Å². The molecule has 0 aromatic heterocycles. The summed E-state index contributed by atoms with van der Waals surface area (Å²) >= 11 is 0. The Hall–Kier alpha value is 1.75. The Balaban J connectivity index is 0. The van der Waals surface area contributed by atoms with Crippen molar-refractivity contribution in [3.05, 3.63) is 0 Å². The van der Waals surface area contributed by atoms with Crippen molar-refractivity contribution in [1.82, 2.24) is 0 Å². The van der Waals surface area contributed by atoms with Crippen molar-refractivity contribution in [2.24, 2.45) is 0 Å². The topological polar surface area (TPSA) is 85.5 Å². The molecule has 0 spiro atoms. The molecule has 0 N–H and O–H groups in total. The second-order valence-electron chi connectivity index (χ2n) is 0. The molecule has 0 aromatic rings. The largest absolute Gasteiger partial charge is 4.00 e. The molecule has 6 heavy (non-hydrogen) atoms. The van der Waals surface area contributed by atoms with Crippen LogP contribution in [0.4, 0.5) is 0 Å². The summed E-state index contributed by atoms with van der Waals surface area (Å²) in [7, 11) is 0. The summed E-state index contributed by atoms with van der Waals surface area (Å²) in [6, 6.07) is 0. The van der Waals surface area contributed by atoms with E-state index in [0.717, 1.165) is 0 Å². The first kappa shape index (κ1) is 115. The standard InChI is InChI=1S/Al.3O.Ti.Zn/q+3;3*-2;+4;+2. The van der Waals surface area contributed by atoms with Crippen LogP contribution in [0, 0.1) is 0 Å². The predicted octanol–water partition coefficient (Wildman–Crippen LogP) is -0.742. The van der Waals surface area contributed by atoms with Crippen LogP contribution in [0.15, 0.2) is 0 Å². The average Bonchev–Trinajstić information content (AvgIpc) is 0. The third-order valence-electron chi connectivity index (χ3n) is 0. The van der Waals surface area contributed by atoms with E-state index in [1.165, 1.54) is 0 Å². The Bertz CT molecular complexity index is 10.8. The molecule has 24 valence electrons. The van der Waals surface area contributed by atoms with E-state index in [9.17, 15) is 0 Å². The van der Waals surface area contributed by atoms with Crippen molar-refractivity contribution in [2.75, 3.05) is 0 Å². The Morgan fingerprint density at radius 2 is 0.667 bits per heavy atom. The molecule has 0 saturated heterocycles. The average molecular weight is 188 g/mol. The van der Waals surface area contributed by atoms with E-state index in [1.807, 2.05) is 0 Å². The van der Waals surface area contributed by atoms with Crippen LogP contribution in [0.1, 0.15) is 0 Å². The second-order valence-corrected chi connectivity index (χ2v) is 0. The van der Waals surface area contributed by atoms with Gasteiger partial charge in [-0.15, -0.1) is 0 Å². The van der Waals surface area contributed by atoms with E-state index < -0.39 is 0 Å². The van der Waals surface area contributed by atoms with Crippen molar-refractivity contribution in [3.8, 4) is 0 Å². The molecule has 0 atom stereocenters. The van der Waals surface area contributed by atoms with E-state index in [2.05, 4.69) is 0 Å². The fraction of sp³-hybridized carbons (Fsp3) is 0. The molecule has 0 heterocycles. The molecule has 0 saturated carbocycles. The van der Waals surface area contributed by atoms with Gasteiger partial charge in [-0.05, 0) is 0 Å². The third kappa shape index (κ3) is 42.4. The second kappa shape index (κ2) is 72.9. The molecule has 6 heteroatoms. The van der Waals surface area contributed by atoms with Gasteiger partial charge in [0.15, 0.2) is 0 Å². The quantitative estimate of drug-likeness (QED) is 0.448. The Labute approximate surface area is 74.6 Å². The molecule has 0 bridgehead atoms. The van der Waals surface area contributed by atoms with Crippen molar-refractivity contribution in [1.29, 1.82) is 0 Å². The first-order valence-corrected chi connectivity index (χ1v) is 0. The minimum atomic E-state index is 0. The molecule has 0 radical (unpaired) electrons. The first-order valence-electron chi connectivity index (χ1n) is 0. The summed E-state index contributed by atoms with van der Waals surface area (Å²) < 4.78 is 0. The van der Waals surface area contributed by atoms with Crippen molar-refractivity contribution in [2.45, 2.75) is 0 Å². The van der Waals surface area contributed by atoms with Gasteiger partial charge in [-0.3, -0.25) is 0 Å². The zero-order chi connectivity index (χ0) is 0. The summed E-state index contributed by atoms with van der Waals surface area (Å²) in [6.07, 6.45) is 0. The summed E-state index contributed by atoms with van der Waals surface area (Å²) in [4.78, 5) is 0. The van der Waals surface area contributed by atoms with Crippen LogP contribution in [0.2, 0.25) is 0 Å². The van der Waals surface area contributed by atoms with Crippen molar-refractivity contribution >= 4 is 17.4 Å². The van der Waals surface area contributed by atoms with Gasteiger partial charge in [-0.2, -0.15) is 0 Å². The minimum Gasteiger partial charge on any atom is -2.00 e. The third-order valence-corrected chi connectivity index (χ3v) is 0. The maximum Gasteiger partial charge on any atom is 4.00 e. The van der Waals surface area contributed by atoms with Gasteiger partial charge in [-0.25, -0.2) is 0 Å². The zero-order valence-corrected chi connectivity index (χ0v) is 8.69. The molecule has 0 aliphatic carbocycles. The summed E-state index contributed by atoms with van der Waals surface area (Å²) in [5.41, 5.74) is 0. The van der Waals surface area contributed by atoms with Crippen LogP contribution in [-0.4, -0.2) is 17.4 Å². The summed E-state index contributed by atoms with van der Waals surface area (Å²) in [5.74, 6) is 0. The van der Waals surface area contributed by atoms with Gasteiger partial charge < -0.3 is 16.4 Å². The van der Waals surface area contributed by atoms with E-state index >= 15 is 0 Å². The molecule has 0 aliphatic heterocycles. The summed E-state index contributed by atoms with van der Waals surface area (Å²) in [6.45, 7) is 0. The Morgan fingerprint density at radius 3 is 0.667 bits per heavy atom. The molecule has 0 unspecified atom stereocenters. The van der Waals surface area contributed by atoms with Crippen LogP contribution in [0.25, 0.3) is 0 Å². The van der Waals surface area contributed by atoms with Crippen LogP contribution >= 0.6 is 0 Å². The van der Waals surface area contributed by atoms with Gasteiger partial charge in [0.25, 0.3) is 0 Å². The number of hydrogen-bond acceptors (Lipinski definition) is 0. The van der Waals surface area contributed by atoms with Crippen LogP contribution in [0.3, 0.4) is 0 Å². The van der Waals surface area contributed by atoms with Gasteiger partial charge >= 0.3 is 58.6 Å². The monoisotopic (exact) mass is 187 g/mol. The van der Waals surface area contributed by atoms with Gasteiger partial charge in [-0.1, -0.05) is 0 Å². The van der Waals surface area contributed by atoms with E-state index in [4.69, 9.17) is 0 Å². The maximum absolute atomic E-state index is 0. The van der Waals surface area contributed by atoms with E-state index in [-0.39, 0.29) is 75.0 Å². The molecule has 3 nitrogen and oxygen atoms in total. The predicted molar refractivity (Wildman–Crippen MR) is 7.81 cm³/mol. The van der Waals surface area contributed by atoms with E-state index in [1.54, 1.807) is 0 Å². The van der Waals surface area contributed by atoms with Gasteiger partial charge in [0.1, 0.15) is 0 Å². The first-order chi connectivity index (χ1) is 0. The SMILES string of the molecule is [Al+3].[O-2].[O-2].[O-2].[Ti+4].[Zn+2]. The zero-order valence-electron chi connectivity index (χ0n) is 3.01. The molecular formula is AlO3TiZn+3. The normalized spacial score (nSPS) is 0. The smallest absolute Gasteiger partial charge is 2.00 e. The number of rotatable bonds is 0. The molecule has 0 aromatic carbocycles. The molecule has 0 amide bonds. The number of hydrogen-bond donors (Lipinski definition) is 0. The van der Waals surface area contributed by atoms with Crippen LogP contribution < -0.4 is 0 Å². The van der Waals surface area contributed by atoms with Crippen molar-refractivity contribution in [3.63, 3.8) is 0 Å². The fourth-order valence-corrected chi connectivity index (χ4v) is 0. The minimum absolute atomic E-state index is 0. The van der Waals surface area contributed by atoms with Crippen molar-refractivity contribution < 1.29 is 57.6 Å². The van der Waals surface area contributed by atoms with Gasteiger partial charge in [0.2, 0.25) is 0 Å². The fourth-order valence-electron chi connectivity index (χ4n) is 0. The van der Waals surface area contributed by atoms with Crippen LogP contribution in [0.5, 0.6) is 0 Å². The molecule has 0 aliphatic rings. The Morgan fingerprint density at radius 1 is 0.667 bits per heavy atom. The van der Waals surface area contributed by atoms with Gasteiger partial charge in [0, 0.05) is 0 Å². The van der Waals surface area contributed by atoms with E-state index in [0.29, 0.717) is 0 Å². The molecule has 0 fully saturated rings.